The quantitative estimate of drug-likeness (QED) is 0.213. The number of nitrogens with zero attached hydrogens (tertiary/aromatic N) is 6. The van der Waals surface area contributed by atoms with Gasteiger partial charge in [0.25, 0.3) is 5.91 Å². The number of likely N-dealkylation sites (tertiary alicyclic amines) is 1. The fourth-order valence-electron chi connectivity index (χ4n) is 6.62. The molecule has 2 saturated heterocycles. The molecule has 7 rings (SSSR count). The van der Waals surface area contributed by atoms with Crippen LogP contribution >= 0.6 is 0 Å². The molecular weight excluding hydrogens is 584 g/mol. The number of piperidine rings is 2. The number of fused-ring (bicyclic) bond motifs is 2. The fourth-order valence-corrected chi connectivity index (χ4v) is 6.62. The largest absolute Gasteiger partial charge is 0.385 e. The molecule has 2 N–H and O–H groups in total. The number of aromatic nitrogens is 4. The van der Waals surface area contributed by atoms with Crippen molar-refractivity contribution in [3.05, 3.63) is 72.2 Å². The highest BCUT2D eigenvalue weighted by Gasteiger charge is 2.39. The summed E-state index contributed by atoms with van der Waals surface area (Å²) in [5, 5.41) is 10.3. The van der Waals surface area contributed by atoms with Crippen molar-refractivity contribution in [1.82, 2.24) is 34.9 Å². The molecule has 3 aliphatic heterocycles. The number of hydrogen-bond acceptors (Lipinski definition) is 8. The average molecular weight is 621 g/mol. The van der Waals surface area contributed by atoms with Gasteiger partial charge in [-0.3, -0.25) is 34.2 Å². The number of nitrogens with one attached hydrogen (secondary N) is 2. The maximum Gasteiger partial charge on any atom is 0.255 e. The standard InChI is InChI=1S/C34H36N8O4/c43-31-11-10-30(33(45)39-31)41-20-22-17-24(8-9-26(22)34(41)46)35-14-4-3-7-32(44)40-15-12-25(13-16-40)42-21-23(18-37-42)29-19-36-27-5-1-2-6-28(27)38-29/h1-2,5-6,8-9,17-19,21,25,30,35H,3-4,7,10-16,20H2,(H,39,43,45). The Hall–Kier alpha value is -5.13. The summed E-state index contributed by atoms with van der Waals surface area (Å²) in [7, 11) is 0. The van der Waals surface area contributed by atoms with Crippen molar-refractivity contribution < 1.29 is 19.2 Å². The number of carbonyl (C=O) groups excluding carboxylic acids is 4. The first-order chi connectivity index (χ1) is 22.4. The van der Waals surface area contributed by atoms with E-state index in [1.54, 1.807) is 17.2 Å². The summed E-state index contributed by atoms with van der Waals surface area (Å²) in [5.41, 5.74) is 5.83. The third kappa shape index (κ3) is 6.07. The highest BCUT2D eigenvalue weighted by atomic mass is 16.2. The van der Waals surface area contributed by atoms with Gasteiger partial charge in [0.1, 0.15) is 6.04 Å². The summed E-state index contributed by atoms with van der Waals surface area (Å²) in [6, 6.07) is 13.1. The van der Waals surface area contributed by atoms with E-state index in [1.807, 2.05) is 58.4 Å². The van der Waals surface area contributed by atoms with Crippen molar-refractivity contribution in [2.24, 2.45) is 0 Å². The number of rotatable bonds is 9. The Kier molecular flexibility index (Phi) is 8.17. The van der Waals surface area contributed by atoms with Crippen LogP contribution in [0.15, 0.2) is 61.1 Å². The topological polar surface area (TPSA) is 142 Å². The van der Waals surface area contributed by atoms with Crippen molar-refractivity contribution in [2.75, 3.05) is 25.0 Å². The first-order valence-corrected chi connectivity index (χ1v) is 16.0. The van der Waals surface area contributed by atoms with E-state index in [0.29, 0.717) is 31.5 Å². The van der Waals surface area contributed by atoms with E-state index in [4.69, 9.17) is 4.98 Å². The number of imide groups is 1. The smallest absolute Gasteiger partial charge is 0.255 e. The molecule has 1 atom stereocenters. The van der Waals surface area contributed by atoms with Crippen molar-refractivity contribution >= 4 is 40.3 Å². The molecule has 0 aliphatic carbocycles. The molecule has 4 aromatic rings. The maximum absolute atomic E-state index is 12.9. The second-order valence-electron chi connectivity index (χ2n) is 12.2. The summed E-state index contributed by atoms with van der Waals surface area (Å²) < 4.78 is 2.00. The SMILES string of the molecule is O=C1CCC(N2Cc3cc(NCCCCC(=O)N4CCC(n5cc(-c6cnc7ccccc7n6)cn5)CC4)ccc3C2=O)C(=O)N1. The first kappa shape index (κ1) is 29.6. The van der Waals surface area contributed by atoms with Crippen molar-refractivity contribution in [3.8, 4) is 11.3 Å². The Labute approximate surface area is 266 Å². The molecule has 12 heteroatoms. The summed E-state index contributed by atoms with van der Waals surface area (Å²) in [4.78, 5) is 62.4. The third-order valence-electron chi connectivity index (χ3n) is 9.21. The van der Waals surface area contributed by atoms with Crippen LogP contribution in [0.5, 0.6) is 0 Å². The van der Waals surface area contributed by atoms with E-state index >= 15 is 0 Å². The van der Waals surface area contributed by atoms with Gasteiger partial charge in [0, 0.05) is 62.0 Å². The van der Waals surface area contributed by atoms with Crippen molar-refractivity contribution in [1.29, 1.82) is 0 Å². The van der Waals surface area contributed by atoms with Gasteiger partial charge in [0.15, 0.2) is 0 Å². The minimum absolute atomic E-state index is 0.177. The van der Waals surface area contributed by atoms with Crippen LogP contribution in [-0.4, -0.2) is 78.9 Å². The molecule has 0 radical (unpaired) electrons. The third-order valence-corrected chi connectivity index (χ3v) is 9.21. The molecule has 1 unspecified atom stereocenters. The number of para-hydroxylation sites is 2. The van der Waals surface area contributed by atoms with Crippen LogP contribution in [-0.2, 0) is 20.9 Å². The predicted molar refractivity (Wildman–Crippen MR) is 170 cm³/mol. The van der Waals surface area contributed by atoms with Gasteiger partial charge in [-0.15, -0.1) is 0 Å². The molecule has 3 aliphatic rings. The molecule has 12 nitrogen and oxygen atoms in total. The lowest BCUT2D eigenvalue weighted by molar-refractivity contribution is -0.137. The summed E-state index contributed by atoms with van der Waals surface area (Å²) in [6.07, 6.45) is 10.1. The molecule has 46 heavy (non-hydrogen) atoms. The molecular formula is C34H36N8O4. The van der Waals surface area contributed by atoms with Gasteiger partial charge in [-0.05, 0) is 68.0 Å². The Balaban J connectivity index is 0.834. The molecule has 2 aromatic carbocycles. The summed E-state index contributed by atoms with van der Waals surface area (Å²) in [5.74, 6) is -0.689. The number of benzene rings is 2. The summed E-state index contributed by atoms with van der Waals surface area (Å²) >= 11 is 0. The van der Waals surface area contributed by atoms with Gasteiger partial charge < -0.3 is 15.1 Å². The van der Waals surface area contributed by atoms with Gasteiger partial charge in [0.05, 0.1) is 35.2 Å². The predicted octanol–water partition coefficient (Wildman–Crippen LogP) is 3.70. The van der Waals surface area contributed by atoms with Crippen LogP contribution in [0.1, 0.15) is 66.9 Å². The monoisotopic (exact) mass is 620 g/mol. The normalized spacial score (nSPS) is 18.6. The number of amides is 4. The van der Waals surface area contributed by atoms with Gasteiger partial charge in [-0.2, -0.15) is 5.10 Å². The van der Waals surface area contributed by atoms with Crippen LogP contribution in [0.4, 0.5) is 5.69 Å². The van der Waals surface area contributed by atoms with Crippen LogP contribution < -0.4 is 10.6 Å². The number of anilines is 1. The highest BCUT2D eigenvalue weighted by Crippen LogP contribution is 2.30. The number of unbranched alkanes of at least 4 members (excludes halogenated alkanes) is 1. The minimum atomic E-state index is -0.618. The van der Waals surface area contributed by atoms with E-state index in [0.717, 1.165) is 72.3 Å². The maximum atomic E-state index is 12.9. The van der Waals surface area contributed by atoms with Crippen molar-refractivity contribution in [2.45, 2.75) is 63.6 Å². The van der Waals surface area contributed by atoms with Crippen LogP contribution in [0.25, 0.3) is 22.3 Å². The molecule has 5 heterocycles. The van der Waals surface area contributed by atoms with E-state index < -0.39 is 11.9 Å². The first-order valence-electron chi connectivity index (χ1n) is 16.0. The number of carbonyl (C=O) groups is 4. The Morgan fingerprint density at radius 1 is 0.978 bits per heavy atom. The zero-order valence-electron chi connectivity index (χ0n) is 25.5. The Morgan fingerprint density at radius 3 is 2.63 bits per heavy atom. The average Bonchev–Trinajstić information content (AvgIpc) is 3.69. The van der Waals surface area contributed by atoms with E-state index in [9.17, 15) is 19.2 Å². The lowest BCUT2D eigenvalue weighted by Crippen LogP contribution is -2.52. The molecule has 2 aromatic heterocycles. The van der Waals surface area contributed by atoms with Crippen molar-refractivity contribution in [3.63, 3.8) is 0 Å². The Bertz CT molecular complexity index is 1810. The van der Waals surface area contributed by atoms with Crippen LogP contribution in [0.2, 0.25) is 0 Å². The second kappa shape index (κ2) is 12.7. The van der Waals surface area contributed by atoms with Gasteiger partial charge in [-0.1, -0.05) is 12.1 Å². The Morgan fingerprint density at radius 2 is 1.80 bits per heavy atom. The van der Waals surface area contributed by atoms with Crippen LogP contribution in [0.3, 0.4) is 0 Å². The summed E-state index contributed by atoms with van der Waals surface area (Å²) in [6.45, 7) is 2.50. The lowest BCUT2D eigenvalue weighted by Gasteiger charge is -2.32. The number of hydrogen-bond donors (Lipinski definition) is 2. The lowest BCUT2D eigenvalue weighted by atomic mass is 10.0. The van der Waals surface area contributed by atoms with Crippen LogP contribution in [0, 0.1) is 0 Å². The highest BCUT2D eigenvalue weighted by molar-refractivity contribution is 6.05. The van der Waals surface area contributed by atoms with E-state index in [-0.39, 0.29) is 30.2 Å². The van der Waals surface area contributed by atoms with Gasteiger partial charge >= 0.3 is 0 Å². The molecule has 0 spiro atoms. The minimum Gasteiger partial charge on any atom is -0.385 e. The van der Waals surface area contributed by atoms with Gasteiger partial charge in [-0.25, -0.2) is 4.98 Å². The van der Waals surface area contributed by atoms with E-state index in [1.165, 1.54) is 0 Å². The fraction of sp³-hybridized carbons (Fsp3) is 0.382. The molecule has 0 saturated carbocycles. The molecule has 0 bridgehead atoms. The molecule has 2 fully saturated rings. The zero-order chi connectivity index (χ0) is 31.6. The zero-order valence-corrected chi connectivity index (χ0v) is 25.5. The van der Waals surface area contributed by atoms with Gasteiger partial charge in [0.2, 0.25) is 17.7 Å². The second-order valence-corrected chi connectivity index (χ2v) is 12.2. The molecule has 4 amide bonds. The molecule has 236 valence electrons. The van der Waals surface area contributed by atoms with E-state index in [2.05, 4.69) is 20.7 Å².